The lowest BCUT2D eigenvalue weighted by atomic mass is 9.86. The fourth-order valence-corrected chi connectivity index (χ4v) is 5.29. The molecule has 1 fully saturated rings. The summed E-state index contributed by atoms with van der Waals surface area (Å²) >= 11 is 0. The molecule has 1 saturated heterocycles. The van der Waals surface area contributed by atoms with Gasteiger partial charge >= 0.3 is 6.18 Å². The third kappa shape index (κ3) is 5.56. The smallest absolute Gasteiger partial charge is 0.411 e. The molecular weight excluding hydrogens is 594 g/mol. The molecule has 0 aliphatic carbocycles. The number of benzene rings is 2. The number of amides is 1. The molecule has 45 heavy (non-hydrogen) atoms. The van der Waals surface area contributed by atoms with Crippen molar-refractivity contribution >= 4 is 45.3 Å². The highest BCUT2D eigenvalue weighted by molar-refractivity contribution is 5.89. The van der Waals surface area contributed by atoms with E-state index < -0.39 is 23.4 Å². The first-order chi connectivity index (χ1) is 21.5. The van der Waals surface area contributed by atoms with E-state index in [4.69, 9.17) is 4.74 Å². The Hall–Kier alpha value is -5.34. The third-order valence-corrected chi connectivity index (χ3v) is 7.90. The number of alkyl halides is 3. The number of pyridine rings is 1. The van der Waals surface area contributed by atoms with Gasteiger partial charge in [-0.05, 0) is 62.2 Å². The van der Waals surface area contributed by atoms with Crippen LogP contribution >= 0.6 is 0 Å². The van der Waals surface area contributed by atoms with Crippen LogP contribution in [0.2, 0.25) is 0 Å². The lowest BCUT2D eigenvalue weighted by molar-refractivity contribution is -0.203. The molecule has 1 aliphatic rings. The molecule has 11 nitrogen and oxygen atoms in total. The predicted octanol–water partition coefficient (Wildman–Crippen LogP) is 5.49. The topological polar surface area (TPSA) is 123 Å². The highest BCUT2D eigenvalue weighted by Gasteiger charge is 2.56. The second-order valence-electron chi connectivity index (χ2n) is 10.7. The maximum Gasteiger partial charge on any atom is 0.411 e. The molecule has 0 bridgehead atoms. The van der Waals surface area contributed by atoms with Gasteiger partial charge in [0, 0.05) is 31.8 Å². The van der Waals surface area contributed by atoms with E-state index in [0.29, 0.717) is 33.9 Å². The van der Waals surface area contributed by atoms with E-state index in [0.717, 1.165) is 11.6 Å². The number of aromatic nitrogens is 6. The number of piperidine rings is 1. The first kappa shape index (κ1) is 29.7. The fourth-order valence-electron chi connectivity index (χ4n) is 5.29. The van der Waals surface area contributed by atoms with E-state index in [1.54, 1.807) is 53.9 Å². The molecule has 5 aromatic rings. The average Bonchev–Trinajstić information content (AvgIpc) is 3.40. The van der Waals surface area contributed by atoms with Crippen molar-refractivity contribution in [1.82, 2.24) is 35.3 Å². The number of hydrogen-bond acceptors (Lipinski definition) is 9. The molecule has 2 N–H and O–H groups in total. The molecular formula is C30H27F4N9O2. The van der Waals surface area contributed by atoms with Crippen molar-refractivity contribution in [3.05, 3.63) is 72.8 Å². The summed E-state index contributed by atoms with van der Waals surface area (Å²) in [6.45, 7) is 4.80. The van der Waals surface area contributed by atoms with E-state index in [1.165, 1.54) is 12.4 Å². The van der Waals surface area contributed by atoms with Crippen LogP contribution < -0.4 is 20.3 Å². The Balaban J connectivity index is 1.23. The van der Waals surface area contributed by atoms with Crippen LogP contribution in [0.5, 0.6) is 11.5 Å². The zero-order valence-electron chi connectivity index (χ0n) is 24.2. The Labute approximate surface area is 253 Å². The quantitative estimate of drug-likeness (QED) is 0.179. The number of aryl methyl sites for hydroxylation is 1. The Morgan fingerprint density at radius 2 is 1.87 bits per heavy atom. The van der Waals surface area contributed by atoms with Crippen molar-refractivity contribution in [2.24, 2.45) is 7.05 Å². The van der Waals surface area contributed by atoms with Crippen LogP contribution in [0.4, 0.5) is 34.9 Å². The number of carbonyl (C=O) groups is 1. The molecule has 1 aliphatic heterocycles. The summed E-state index contributed by atoms with van der Waals surface area (Å²) in [6.07, 6.45) is -3.27. The normalized spacial score (nSPS) is 14.8. The Morgan fingerprint density at radius 3 is 2.60 bits per heavy atom. The number of ether oxygens (including phenoxy) is 1. The number of nitrogens with one attached hydrogen (secondary N) is 2. The lowest BCUT2D eigenvalue weighted by Gasteiger charge is -2.43. The maximum atomic E-state index is 15.6. The van der Waals surface area contributed by atoms with Crippen LogP contribution in [-0.4, -0.2) is 60.7 Å². The zero-order chi connectivity index (χ0) is 31.9. The fraction of sp³-hybridized carbons (Fsp3) is 0.267. The van der Waals surface area contributed by atoms with Crippen LogP contribution in [0.3, 0.4) is 0 Å². The molecule has 0 radical (unpaired) electrons. The van der Waals surface area contributed by atoms with Gasteiger partial charge in [-0.2, -0.15) is 13.2 Å². The van der Waals surface area contributed by atoms with Gasteiger partial charge in [-0.3, -0.25) is 4.79 Å². The van der Waals surface area contributed by atoms with Crippen LogP contribution in [0, 0.1) is 12.7 Å². The van der Waals surface area contributed by atoms with Crippen LogP contribution in [0.1, 0.15) is 18.4 Å². The molecule has 15 heteroatoms. The molecule has 3 aromatic heterocycles. The SMILES string of the molecule is C=CC(=O)NC1(C(F)(F)F)CCN(c2ccc3ncnc(Nc4ccc(Oc5ccc6c(c5)nnn6C)c(C)c4F)c3n2)CC1. The van der Waals surface area contributed by atoms with Crippen LogP contribution in [0.15, 0.2) is 61.4 Å². The Bertz CT molecular complexity index is 1930. The van der Waals surface area contributed by atoms with Gasteiger partial charge in [0.2, 0.25) is 5.91 Å². The number of carbonyl (C=O) groups excluding carboxylic acids is 1. The van der Waals surface area contributed by atoms with Gasteiger partial charge in [-0.25, -0.2) is 24.0 Å². The molecule has 0 spiro atoms. The van der Waals surface area contributed by atoms with Gasteiger partial charge in [-0.1, -0.05) is 11.8 Å². The molecule has 4 heterocycles. The average molecular weight is 622 g/mol. The molecule has 0 unspecified atom stereocenters. The van der Waals surface area contributed by atoms with Gasteiger partial charge in [0.05, 0.1) is 16.7 Å². The second-order valence-corrected chi connectivity index (χ2v) is 10.7. The van der Waals surface area contributed by atoms with Crippen molar-refractivity contribution in [3.8, 4) is 11.5 Å². The standard InChI is InChI=1S/C30H27F4N9O2/c1-4-25(44)39-29(30(32,33)34)11-13-43(14-12-29)24-10-7-20-27(38-24)28(36-16-35-20)37-19-6-9-23(17(2)26(19)31)45-18-5-8-22-21(15-18)40-41-42(22)3/h4-10,15-16H,1,11-14H2,2-3H3,(H,39,44)(H,35,36,37). The number of halogens is 4. The number of rotatable bonds is 7. The summed E-state index contributed by atoms with van der Waals surface area (Å²) in [4.78, 5) is 26.6. The molecule has 6 rings (SSSR count). The minimum absolute atomic E-state index is 0.0229. The van der Waals surface area contributed by atoms with Crippen LogP contribution in [0.25, 0.3) is 22.1 Å². The summed E-state index contributed by atoms with van der Waals surface area (Å²) in [5.41, 5.74) is 0.209. The largest absolute Gasteiger partial charge is 0.457 e. The van der Waals surface area contributed by atoms with E-state index in [1.807, 2.05) is 6.07 Å². The minimum Gasteiger partial charge on any atom is -0.457 e. The van der Waals surface area contributed by atoms with Gasteiger partial charge in [-0.15, -0.1) is 5.10 Å². The number of anilines is 3. The summed E-state index contributed by atoms with van der Waals surface area (Å²) in [6, 6.07) is 11.7. The number of nitrogens with zero attached hydrogens (tertiary/aromatic N) is 7. The van der Waals surface area contributed by atoms with E-state index in [2.05, 4.69) is 42.5 Å². The lowest BCUT2D eigenvalue weighted by Crippen LogP contribution is -2.63. The molecule has 232 valence electrons. The van der Waals surface area contributed by atoms with Crippen molar-refractivity contribution in [2.45, 2.75) is 31.5 Å². The third-order valence-electron chi connectivity index (χ3n) is 7.90. The van der Waals surface area contributed by atoms with Crippen molar-refractivity contribution in [2.75, 3.05) is 23.3 Å². The zero-order valence-corrected chi connectivity index (χ0v) is 24.2. The molecule has 2 aromatic carbocycles. The van der Waals surface area contributed by atoms with Crippen molar-refractivity contribution in [1.29, 1.82) is 0 Å². The molecule has 0 atom stereocenters. The second kappa shape index (κ2) is 11.3. The minimum atomic E-state index is -4.65. The van der Waals surface area contributed by atoms with Crippen LogP contribution in [-0.2, 0) is 11.8 Å². The Morgan fingerprint density at radius 1 is 1.09 bits per heavy atom. The predicted molar refractivity (Wildman–Crippen MR) is 159 cm³/mol. The van der Waals surface area contributed by atoms with Gasteiger partial charge < -0.3 is 20.3 Å². The molecule has 0 saturated carbocycles. The first-order valence-electron chi connectivity index (χ1n) is 13.9. The summed E-state index contributed by atoms with van der Waals surface area (Å²) in [5.74, 6) is -0.0785. The summed E-state index contributed by atoms with van der Waals surface area (Å²) in [7, 11) is 1.78. The van der Waals surface area contributed by atoms with E-state index in [9.17, 15) is 18.0 Å². The van der Waals surface area contributed by atoms with Gasteiger partial charge in [0.1, 0.15) is 40.2 Å². The molecule has 1 amide bonds. The monoisotopic (exact) mass is 621 g/mol. The van der Waals surface area contributed by atoms with Crippen molar-refractivity contribution < 1.29 is 27.1 Å². The summed E-state index contributed by atoms with van der Waals surface area (Å²) in [5, 5.41) is 13.1. The highest BCUT2D eigenvalue weighted by Crippen LogP contribution is 2.40. The number of hydrogen-bond donors (Lipinski definition) is 2. The number of fused-ring (bicyclic) bond motifs is 2. The summed E-state index contributed by atoms with van der Waals surface area (Å²) < 4.78 is 65.1. The van der Waals surface area contributed by atoms with E-state index in [-0.39, 0.29) is 43.0 Å². The van der Waals surface area contributed by atoms with Crippen molar-refractivity contribution in [3.63, 3.8) is 0 Å². The van der Waals surface area contributed by atoms with Gasteiger partial charge in [0.25, 0.3) is 0 Å². The maximum absolute atomic E-state index is 15.6. The van der Waals surface area contributed by atoms with Gasteiger partial charge in [0.15, 0.2) is 11.6 Å². The Kier molecular flexibility index (Phi) is 7.46. The first-order valence-corrected chi connectivity index (χ1v) is 13.9. The highest BCUT2D eigenvalue weighted by atomic mass is 19.4. The van der Waals surface area contributed by atoms with E-state index >= 15 is 4.39 Å².